The molecule has 2 N–H and O–H groups in total. The predicted octanol–water partition coefficient (Wildman–Crippen LogP) is 6.30. The van der Waals surface area contributed by atoms with Crippen LogP contribution in [0.4, 0.5) is 11.4 Å². The lowest BCUT2D eigenvalue weighted by molar-refractivity contribution is -0.116. The maximum Gasteiger partial charge on any atom is 0.242 e. The van der Waals surface area contributed by atoms with Crippen molar-refractivity contribution in [2.24, 2.45) is 0 Å². The number of anilines is 2. The molecule has 0 heterocycles. The summed E-state index contributed by atoms with van der Waals surface area (Å²) in [6.07, 6.45) is 2.10. The van der Waals surface area contributed by atoms with Crippen LogP contribution < -0.4 is 15.4 Å². The van der Waals surface area contributed by atoms with Crippen LogP contribution in [0.3, 0.4) is 0 Å². The first-order chi connectivity index (χ1) is 15.5. The maximum atomic E-state index is 13.2. The quantitative estimate of drug-likeness (QED) is 0.282. The van der Waals surface area contributed by atoms with E-state index in [-0.39, 0.29) is 11.8 Å². The van der Waals surface area contributed by atoms with E-state index in [9.17, 15) is 9.59 Å². The fourth-order valence-electron chi connectivity index (χ4n) is 3.03. The van der Waals surface area contributed by atoms with Gasteiger partial charge in [-0.15, -0.1) is 11.8 Å². The minimum atomic E-state index is -0.428. The number of thioether (sulfide) groups is 1. The summed E-state index contributed by atoms with van der Waals surface area (Å²) in [7, 11) is 0. The number of hydrogen-bond acceptors (Lipinski definition) is 4. The van der Waals surface area contributed by atoms with Gasteiger partial charge in [0, 0.05) is 23.2 Å². The van der Waals surface area contributed by atoms with Crippen molar-refractivity contribution >= 4 is 35.0 Å². The van der Waals surface area contributed by atoms with E-state index in [0.29, 0.717) is 6.61 Å². The minimum Gasteiger partial charge on any atom is -0.494 e. The fourth-order valence-corrected chi connectivity index (χ4v) is 4.06. The Balaban J connectivity index is 1.71. The molecule has 0 aliphatic carbocycles. The van der Waals surface area contributed by atoms with E-state index in [1.54, 1.807) is 0 Å². The van der Waals surface area contributed by atoms with Gasteiger partial charge in [-0.05, 0) is 60.5 Å². The molecule has 32 heavy (non-hydrogen) atoms. The van der Waals surface area contributed by atoms with Crippen LogP contribution in [0.1, 0.15) is 37.5 Å². The summed E-state index contributed by atoms with van der Waals surface area (Å²) < 4.78 is 5.69. The van der Waals surface area contributed by atoms with Gasteiger partial charge in [0.05, 0.1) is 6.61 Å². The average Bonchev–Trinajstić information content (AvgIpc) is 2.80. The Hall–Kier alpha value is -3.25. The number of hydrogen-bond donors (Lipinski definition) is 2. The molecule has 0 radical (unpaired) electrons. The molecule has 3 aromatic carbocycles. The molecular weight excluding hydrogens is 420 g/mol. The highest BCUT2D eigenvalue weighted by Gasteiger charge is 2.22. The molecule has 3 aromatic rings. The van der Waals surface area contributed by atoms with E-state index >= 15 is 0 Å². The first-order valence-electron chi connectivity index (χ1n) is 10.7. The van der Waals surface area contributed by atoms with Crippen molar-refractivity contribution in [1.82, 2.24) is 0 Å². The second-order valence-electron chi connectivity index (χ2n) is 7.33. The minimum absolute atomic E-state index is 0.105. The van der Waals surface area contributed by atoms with Crippen LogP contribution in [0.5, 0.6) is 5.75 Å². The van der Waals surface area contributed by atoms with Crippen LogP contribution in [0, 0.1) is 0 Å². The standard InChI is InChI=1S/C26H28N2O3S/c1-3-4-18-31-23-14-10-22(11-15-23)28-26(30)25(20-8-6-5-7-9-20)32-24-16-12-21(13-17-24)27-19(2)29/h5-17,25H,3-4,18H2,1-2H3,(H,27,29)(H,28,30). The van der Waals surface area contributed by atoms with E-state index in [0.717, 1.165) is 40.4 Å². The van der Waals surface area contributed by atoms with Crippen molar-refractivity contribution in [2.45, 2.75) is 36.8 Å². The van der Waals surface area contributed by atoms with Gasteiger partial charge in [-0.1, -0.05) is 43.7 Å². The molecule has 0 aromatic heterocycles. The number of nitrogens with one attached hydrogen (secondary N) is 2. The van der Waals surface area contributed by atoms with E-state index < -0.39 is 5.25 Å². The Labute approximate surface area is 193 Å². The Morgan fingerprint density at radius 3 is 2.12 bits per heavy atom. The largest absolute Gasteiger partial charge is 0.494 e. The third-order valence-corrected chi connectivity index (χ3v) is 5.92. The van der Waals surface area contributed by atoms with Crippen molar-refractivity contribution in [1.29, 1.82) is 0 Å². The van der Waals surface area contributed by atoms with Gasteiger partial charge in [0.15, 0.2) is 0 Å². The van der Waals surface area contributed by atoms with Crippen LogP contribution in [-0.2, 0) is 9.59 Å². The van der Waals surface area contributed by atoms with Gasteiger partial charge in [0.25, 0.3) is 0 Å². The molecule has 0 fully saturated rings. The highest BCUT2D eigenvalue weighted by atomic mass is 32.2. The number of carbonyl (C=O) groups is 2. The number of carbonyl (C=O) groups excluding carboxylic acids is 2. The monoisotopic (exact) mass is 448 g/mol. The van der Waals surface area contributed by atoms with Crippen molar-refractivity contribution in [2.75, 3.05) is 17.2 Å². The first-order valence-corrected chi connectivity index (χ1v) is 11.6. The molecule has 166 valence electrons. The van der Waals surface area contributed by atoms with E-state index in [4.69, 9.17) is 4.74 Å². The van der Waals surface area contributed by atoms with Crippen molar-refractivity contribution in [3.63, 3.8) is 0 Å². The average molecular weight is 449 g/mol. The van der Waals surface area contributed by atoms with Gasteiger partial charge in [-0.25, -0.2) is 0 Å². The lowest BCUT2D eigenvalue weighted by Crippen LogP contribution is -2.19. The van der Waals surface area contributed by atoms with Crippen LogP contribution in [0.15, 0.2) is 83.8 Å². The van der Waals surface area contributed by atoms with Gasteiger partial charge >= 0.3 is 0 Å². The Morgan fingerprint density at radius 2 is 1.50 bits per heavy atom. The smallest absolute Gasteiger partial charge is 0.242 e. The van der Waals surface area contributed by atoms with Gasteiger partial charge < -0.3 is 15.4 Å². The van der Waals surface area contributed by atoms with E-state index in [1.807, 2.05) is 78.9 Å². The van der Waals surface area contributed by atoms with Gasteiger partial charge in [-0.2, -0.15) is 0 Å². The number of rotatable bonds is 10. The number of amides is 2. The summed E-state index contributed by atoms with van der Waals surface area (Å²) in [5, 5.41) is 5.35. The highest BCUT2D eigenvalue weighted by Crippen LogP contribution is 2.36. The molecule has 5 nitrogen and oxygen atoms in total. The maximum absolute atomic E-state index is 13.2. The number of unbranched alkanes of at least 4 members (excludes halogenated alkanes) is 1. The second-order valence-corrected chi connectivity index (χ2v) is 8.51. The van der Waals surface area contributed by atoms with Crippen LogP contribution in [0.25, 0.3) is 0 Å². The van der Waals surface area contributed by atoms with Crippen molar-refractivity contribution in [3.8, 4) is 5.75 Å². The van der Waals surface area contributed by atoms with E-state index in [2.05, 4.69) is 17.6 Å². The fraction of sp³-hybridized carbons (Fsp3) is 0.231. The Bertz CT molecular complexity index is 1010. The number of benzene rings is 3. The zero-order valence-electron chi connectivity index (χ0n) is 18.3. The first kappa shape index (κ1) is 23.4. The molecule has 0 bridgehead atoms. The molecule has 2 amide bonds. The lowest BCUT2D eigenvalue weighted by atomic mass is 10.1. The summed E-state index contributed by atoms with van der Waals surface area (Å²) in [6, 6.07) is 24.6. The Morgan fingerprint density at radius 1 is 0.875 bits per heavy atom. The molecular formula is C26H28N2O3S. The summed E-state index contributed by atoms with van der Waals surface area (Å²) in [4.78, 5) is 25.4. The SMILES string of the molecule is CCCCOc1ccc(NC(=O)C(Sc2ccc(NC(C)=O)cc2)c2ccccc2)cc1. The molecule has 0 saturated carbocycles. The molecule has 0 aliphatic rings. The molecule has 0 saturated heterocycles. The molecule has 6 heteroatoms. The number of ether oxygens (including phenoxy) is 1. The summed E-state index contributed by atoms with van der Waals surface area (Å²) >= 11 is 1.46. The van der Waals surface area contributed by atoms with Gasteiger partial charge in [-0.3, -0.25) is 9.59 Å². The van der Waals surface area contributed by atoms with Crippen molar-refractivity contribution in [3.05, 3.63) is 84.4 Å². The van der Waals surface area contributed by atoms with Crippen LogP contribution in [0.2, 0.25) is 0 Å². The highest BCUT2D eigenvalue weighted by molar-refractivity contribution is 8.00. The van der Waals surface area contributed by atoms with Crippen LogP contribution in [-0.4, -0.2) is 18.4 Å². The molecule has 1 unspecified atom stereocenters. The van der Waals surface area contributed by atoms with E-state index in [1.165, 1.54) is 18.7 Å². The molecule has 0 aliphatic heterocycles. The summed E-state index contributed by atoms with van der Waals surface area (Å²) in [5.74, 6) is 0.574. The second kappa shape index (κ2) is 12.0. The van der Waals surface area contributed by atoms with Gasteiger partial charge in [0.2, 0.25) is 11.8 Å². The third kappa shape index (κ3) is 7.17. The Kier molecular flexibility index (Phi) is 8.75. The van der Waals surface area contributed by atoms with Gasteiger partial charge in [0.1, 0.15) is 11.0 Å². The van der Waals surface area contributed by atoms with Crippen LogP contribution >= 0.6 is 11.8 Å². The van der Waals surface area contributed by atoms with Crippen molar-refractivity contribution < 1.29 is 14.3 Å². The summed E-state index contributed by atoms with van der Waals surface area (Å²) in [5.41, 5.74) is 2.37. The zero-order valence-corrected chi connectivity index (χ0v) is 19.2. The lowest BCUT2D eigenvalue weighted by Gasteiger charge is -2.17. The normalized spacial score (nSPS) is 11.4. The predicted molar refractivity (Wildman–Crippen MR) is 131 cm³/mol. The molecule has 0 spiro atoms. The zero-order chi connectivity index (χ0) is 22.8. The third-order valence-electron chi connectivity index (χ3n) is 4.66. The molecule has 1 atom stereocenters. The molecule has 3 rings (SSSR count). The summed E-state index contributed by atoms with van der Waals surface area (Å²) in [6.45, 7) is 4.29. The topological polar surface area (TPSA) is 67.4 Å².